The van der Waals surface area contributed by atoms with Crippen molar-refractivity contribution in [3.8, 4) is 11.5 Å². The molecule has 1 aliphatic carbocycles. The minimum Gasteiger partial charge on any atom is -0.494 e. The van der Waals surface area contributed by atoms with Crippen molar-refractivity contribution >= 4 is 30.1 Å². The van der Waals surface area contributed by atoms with E-state index in [1.54, 1.807) is 19.1 Å². The van der Waals surface area contributed by atoms with Gasteiger partial charge >= 0.3 is 6.03 Å². The van der Waals surface area contributed by atoms with E-state index in [1.165, 1.54) is 7.05 Å². The third-order valence-corrected chi connectivity index (χ3v) is 3.54. The molecule has 3 N–H and O–H groups in total. The standard InChI is InChI=1S/C15H22N4O3.ClH/c1-17-15(20)18-14(16)19(9-10-7-8-10)13-11(21-2)5-4-6-12(13)22-3;/h4-6,10H,7-9H2,1-3H3,(H3,16,17,18,20);1H. The summed E-state index contributed by atoms with van der Waals surface area (Å²) in [5.74, 6) is 1.71. The molecule has 1 saturated carbocycles. The lowest BCUT2D eigenvalue weighted by atomic mass is 10.2. The molecule has 8 heteroatoms. The van der Waals surface area contributed by atoms with E-state index in [2.05, 4.69) is 10.6 Å². The van der Waals surface area contributed by atoms with Gasteiger partial charge in [0.1, 0.15) is 17.2 Å². The van der Waals surface area contributed by atoms with E-state index in [4.69, 9.17) is 14.9 Å². The van der Waals surface area contributed by atoms with Crippen molar-refractivity contribution in [3.63, 3.8) is 0 Å². The Hall–Kier alpha value is -2.15. The third kappa shape index (κ3) is 4.66. The van der Waals surface area contributed by atoms with Crippen LogP contribution in [0.1, 0.15) is 12.8 Å². The topological polar surface area (TPSA) is 86.7 Å². The number of hydrogen-bond acceptors (Lipinski definition) is 4. The minimum atomic E-state index is -0.431. The van der Waals surface area contributed by atoms with E-state index in [9.17, 15) is 4.79 Å². The number of hydrogen-bond donors (Lipinski definition) is 3. The van der Waals surface area contributed by atoms with Crippen molar-refractivity contribution in [1.29, 1.82) is 5.41 Å². The molecule has 0 aliphatic heterocycles. The molecule has 1 aromatic carbocycles. The van der Waals surface area contributed by atoms with Crippen LogP contribution < -0.4 is 25.0 Å². The van der Waals surface area contributed by atoms with Crippen molar-refractivity contribution in [2.24, 2.45) is 5.92 Å². The van der Waals surface area contributed by atoms with Crippen LogP contribution in [0.3, 0.4) is 0 Å². The highest BCUT2D eigenvalue weighted by Gasteiger charge is 2.30. The average Bonchev–Trinajstić information content (AvgIpc) is 3.35. The monoisotopic (exact) mass is 342 g/mol. The Kier molecular flexibility index (Phi) is 6.96. The van der Waals surface area contributed by atoms with E-state index in [1.807, 2.05) is 18.2 Å². The van der Waals surface area contributed by atoms with Gasteiger partial charge in [0.2, 0.25) is 5.96 Å². The van der Waals surface area contributed by atoms with E-state index in [0.29, 0.717) is 29.6 Å². The predicted octanol–water partition coefficient (Wildman–Crippen LogP) is 2.21. The number of para-hydroxylation sites is 1. The summed E-state index contributed by atoms with van der Waals surface area (Å²) in [4.78, 5) is 13.2. The van der Waals surface area contributed by atoms with Crippen LogP contribution in [0, 0.1) is 11.3 Å². The van der Waals surface area contributed by atoms with Crippen LogP contribution in [-0.2, 0) is 0 Å². The molecule has 0 heterocycles. The van der Waals surface area contributed by atoms with Gasteiger partial charge in [0, 0.05) is 13.6 Å². The molecule has 1 fully saturated rings. The summed E-state index contributed by atoms with van der Waals surface area (Å²) in [6.45, 7) is 0.638. The summed E-state index contributed by atoms with van der Waals surface area (Å²) in [6.07, 6.45) is 2.25. The highest BCUT2D eigenvalue weighted by atomic mass is 35.5. The number of carbonyl (C=O) groups is 1. The summed E-state index contributed by atoms with van der Waals surface area (Å²) in [5, 5.41) is 13.2. The Bertz CT molecular complexity index is 541. The average molecular weight is 343 g/mol. The van der Waals surface area contributed by atoms with Crippen molar-refractivity contribution < 1.29 is 14.3 Å². The van der Waals surface area contributed by atoms with Gasteiger partial charge in [-0.3, -0.25) is 10.7 Å². The number of nitrogens with zero attached hydrogens (tertiary/aromatic N) is 1. The number of rotatable bonds is 5. The van der Waals surface area contributed by atoms with E-state index >= 15 is 0 Å². The molecule has 1 aromatic rings. The highest BCUT2D eigenvalue weighted by molar-refractivity contribution is 6.05. The van der Waals surface area contributed by atoms with Gasteiger partial charge in [-0.05, 0) is 30.9 Å². The quantitative estimate of drug-likeness (QED) is 0.565. The largest absolute Gasteiger partial charge is 0.494 e. The Labute approximate surface area is 142 Å². The van der Waals surface area contributed by atoms with Crippen LogP contribution in [0.2, 0.25) is 0 Å². The Balaban J connectivity index is 0.00000264. The van der Waals surface area contributed by atoms with Crippen LogP contribution in [0.15, 0.2) is 18.2 Å². The molecular formula is C15H23ClN4O3. The molecule has 128 valence electrons. The van der Waals surface area contributed by atoms with Crippen LogP contribution in [0.4, 0.5) is 10.5 Å². The normalized spacial score (nSPS) is 12.7. The lowest BCUT2D eigenvalue weighted by Gasteiger charge is -2.28. The van der Waals surface area contributed by atoms with Gasteiger partial charge in [0.25, 0.3) is 0 Å². The second-order valence-corrected chi connectivity index (χ2v) is 5.12. The SMILES string of the molecule is CNC(=O)NC(=N)N(CC1CC1)c1c(OC)cccc1OC.Cl. The minimum absolute atomic E-state index is 0. The number of anilines is 1. The molecule has 23 heavy (non-hydrogen) atoms. The first-order valence-corrected chi connectivity index (χ1v) is 7.16. The molecule has 1 aliphatic rings. The van der Waals surface area contributed by atoms with Gasteiger partial charge in [-0.1, -0.05) is 6.07 Å². The number of carbonyl (C=O) groups excluding carboxylic acids is 1. The predicted molar refractivity (Wildman–Crippen MR) is 92.2 cm³/mol. The molecule has 2 amide bonds. The van der Waals surface area contributed by atoms with E-state index in [0.717, 1.165) is 12.8 Å². The third-order valence-electron chi connectivity index (χ3n) is 3.54. The summed E-state index contributed by atoms with van der Waals surface area (Å²) in [5.41, 5.74) is 0.654. The number of urea groups is 1. The van der Waals surface area contributed by atoms with E-state index < -0.39 is 6.03 Å². The van der Waals surface area contributed by atoms with Crippen LogP contribution >= 0.6 is 12.4 Å². The van der Waals surface area contributed by atoms with Gasteiger partial charge in [0.05, 0.1) is 14.2 Å². The smallest absolute Gasteiger partial charge is 0.321 e. The summed E-state index contributed by atoms with van der Waals surface area (Å²) >= 11 is 0. The Morgan fingerprint density at radius 1 is 1.30 bits per heavy atom. The van der Waals surface area contributed by atoms with Gasteiger partial charge in [-0.25, -0.2) is 4.79 Å². The van der Waals surface area contributed by atoms with Crippen molar-refractivity contribution in [2.75, 3.05) is 32.7 Å². The number of guanidine groups is 1. The molecule has 0 unspecified atom stereocenters. The fourth-order valence-electron chi connectivity index (χ4n) is 2.19. The molecule has 0 atom stereocenters. The fourth-order valence-corrected chi connectivity index (χ4v) is 2.19. The zero-order chi connectivity index (χ0) is 16.1. The first-order chi connectivity index (χ1) is 10.6. The van der Waals surface area contributed by atoms with E-state index in [-0.39, 0.29) is 18.4 Å². The molecule has 0 spiro atoms. The first-order valence-electron chi connectivity index (χ1n) is 7.16. The number of ether oxygens (including phenoxy) is 2. The summed E-state index contributed by atoms with van der Waals surface area (Å²) < 4.78 is 10.8. The van der Waals surface area contributed by atoms with Gasteiger partial charge in [-0.15, -0.1) is 12.4 Å². The fraction of sp³-hybridized carbons (Fsp3) is 0.467. The Morgan fingerprint density at radius 2 is 1.87 bits per heavy atom. The van der Waals surface area contributed by atoms with Crippen LogP contribution in [0.5, 0.6) is 11.5 Å². The maximum Gasteiger partial charge on any atom is 0.321 e. The molecule has 0 saturated heterocycles. The van der Waals surface area contributed by atoms with Gasteiger partial charge in [-0.2, -0.15) is 0 Å². The zero-order valence-corrected chi connectivity index (χ0v) is 14.3. The van der Waals surface area contributed by atoms with Crippen LogP contribution in [-0.4, -0.2) is 39.8 Å². The Morgan fingerprint density at radius 3 is 2.30 bits per heavy atom. The second-order valence-electron chi connectivity index (χ2n) is 5.12. The molecule has 2 rings (SSSR count). The lowest BCUT2D eigenvalue weighted by Crippen LogP contribution is -2.47. The van der Waals surface area contributed by atoms with Crippen molar-refractivity contribution in [1.82, 2.24) is 10.6 Å². The van der Waals surface area contributed by atoms with Crippen molar-refractivity contribution in [2.45, 2.75) is 12.8 Å². The molecular weight excluding hydrogens is 320 g/mol. The van der Waals surface area contributed by atoms with Crippen molar-refractivity contribution in [3.05, 3.63) is 18.2 Å². The molecule has 0 bridgehead atoms. The second kappa shape index (κ2) is 8.47. The number of amides is 2. The molecule has 0 aromatic heterocycles. The number of benzene rings is 1. The lowest BCUT2D eigenvalue weighted by molar-refractivity contribution is 0.247. The highest BCUT2D eigenvalue weighted by Crippen LogP contribution is 2.40. The summed E-state index contributed by atoms with van der Waals surface area (Å²) in [7, 11) is 4.66. The maximum absolute atomic E-state index is 11.5. The zero-order valence-electron chi connectivity index (χ0n) is 13.5. The van der Waals surface area contributed by atoms with Crippen LogP contribution in [0.25, 0.3) is 0 Å². The summed E-state index contributed by atoms with van der Waals surface area (Å²) in [6, 6.07) is 5.02. The number of methoxy groups -OCH3 is 2. The number of nitrogens with one attached hydrogen (secondary N) is 3. The van der Waals surface area contributed by atoms with Gasteiger partial charge < -0.3 is 19.7 Å². The van der Waals surface area contributed by atoms with Gasteiger partial charge in [0.15, 0.2) is 0 Å². The molecule has 0 radical (unpaired) electrons. The molecule has 7 nitrogen and oxygen atoms in total. The first kappa shape index (κ1) is 18.9. The maximum atomic E-state index is 11.5. The number of halogens is 1.